The first-order valence-corrected chi connectivity index (χ1v) is 6.25. The highest BCUT2D eigenvalue weighted by molar-refractivity contribution is 6.31. The van der Waals surface area contributed by atoms with E-state index in [4.69, 9.17) is 16.7 Å². The summed E-state index contributed by atoms with van der Waals surface area (Å²) in [5, 5.41) is 13.0. The number of carboxylic acid groups (broad SMARTS) is 1. The van der Waals surface area contributed by atoms with Crippen molar-refractivity contribution >= 4 is 23.3 Å². The summed E-state index contributed by atoms with van der Waals surface area (Å²) < 4.78 is 0. The second-order valence-electron chi connectivity index (χ2n) is 4.65. The lowest BCUT2D eigenvalue weighted by Crippen LogP contribution is -2.23. The zero-order chi connectivity index (χ0) is 12.4. The smallest absolute Gasteiger partial charge is 0.337 e. The van der Waals surface area contributed by atoms with Gasteiger partial charge in [-0.25, -0.2) is 4.79 Å². The Morgan fingerprint density at radius 3 is 2.82 bits per heavy atom. The van der Waals surface area contributed by atoms with E-state index in [1.807, 2.05) is 0 Å². The highest BCUT2D eigenvalue weighted by atomic mass is 35.5. The van der Waals surface area contributed by atoms with Crippen LogP contribution in [-0.4, -0.2) is 17.1 Å². The molecule has 2 rings (SSSR count). The number of benzene rings is 1. The normalized spacial score (nSPS) is 23.6. The second-order valence-corrected chi connectivity index (χ2v) is 5.09. The second kappa shape index (κ2) is 4.96. The average Bonchev–Trinajstić information content (AvgIpc) is 2.64. The first kappa shape index (κ1) is 12.2. The molecule has 1 saturated carbocycles. The van der Waals surface area contributed by atoms with Crippen molar-refractivity contribution < 1.29 is 9.90 Å². The summed E-state index contributed by atoms with van der Waals surface area (Å²) in [5.41, 5.74) is 0.914. The quantitative estimate of drug-likeness (QED) is 0.865. The van der Waals surface area contributed by atoms with Gasteiger partial charge in [0.2, 0.25) is 0 Å². The van der Waals surface area contributed by atoms with Crippen molar-refractivity contribution in [2.45, 2.75) is 32.2 Å². The van der Waals surface area contributed by atoms with Crippen LogP contribution in [-0.2, 0) is 0 Å². The zero-order valence-electron chi connectivity index (χ0n) is 9.74. The largest absolute Gasteiger partial charge is 0.478 e. The van der Waals surface area contributed by atoms with Gasteiger partial charge in [0.25, 0.3) is 0 Å². The third-order valence-electron chi connectivity index (χ3n) is 3.41. The predicted octanol–water partition coefficient (Wildman–Crippen LogP) is 3.64. The minimum Gasteiger partial charge on any atom is -0.478 e. The van der Waals surface area contributed by atoms with Gasteiger partial charge in [0, 0.05) is 11.1 Å². The van der Waals surface area contributed by atoms with Gasteiger partial charge in [-0.15, -0.1) is 0 Å². The van der Waals surface area contributed by atoms with Crippen LogP contribution in [0.4, 0.5) is 5.69 Å². The molecule has 2 unspecified atom stereocenters. The van der Waals surface area contributed by atoms with Gasteiger partial charge in [0.1, 0.15) is 0 Å². The van der Waals surface area contributed by atoms with Crippen LogP contribution in [0, 0.1) is 5.92 Å². The SMILES string of the molecule is CC1CCCC1Nc1cc(Cl)ccc1C(=O)O. The Bertz CT molecular complexity index is 433. The third-order valence-corrected chi connectivity index (χ3v) is 3.65. The van der Waals surface area contributed by atoms with Gasteiger partial charge >= 0.3 is 5.97 Å². The van der Waals surface area contributed by atoms with Crippen molar-refractivity contribution in [2.75, 3.05) is 5.32 Å². The van der Waals surface area contributed by atoms with Gasteiger partial charge in [0.15, 0.2) is 0 Å². The van der Waals surface area contributed by atoms with E-state index in [-0.39, 0.29) is 5.56 Å². The number of aromatic carboxylic acids is 1. The Morgan fingerprint density at radius 2 is 2.24 bits per heavy atom. The van der Waals surface area contributed by atoms with Gasteiger partial charge in [-0.3, -0.25) is 0 Å². The zero-order valence-corrected chi connectivity index (χ0v) is 10.5. The first-order chi connectivity index (χ1) is 8.08. The van der Waals surface area contributed by atoms with E-state index >= 15 is 0 Å². The molecule has 4 heteroatoms. The van der Waals surface area contributed by atoms with E-state index in [2.05, 4.69) is 12.2 Å². The lowest BCUT2D eigenvalue weighted by molar-refractivity contribution is 0.0698. The van der Waals surface area contributed by atoms with E-state index in [0.717, 1.165) is 6.42 Å². The van der Waals surface area contributed by atoms with E-state index in [0.29, 0.717) is 22.7 Å². The highest BCUT2D eigenvalue weighted by Crippen LogP contribution is 2.30. The Kier molecular flexibility index (Phi) is 3.57. The maximum absolute atomic E-state index is 11.1. The highest BCUT2D eigenvalue weighted by Gasteiger charge is 2.24. The van der Waals surface area contributed by atoms with Crippen LogP contribution in [0.25, 0.3) is 0 Å². The van der Waals surface area contributed by atoms with Crippen LogP contribution < -0.4 is 5.32 Å². The van der Waals surface area contributed by atoms with Gasteiger partial charge in [0.05, 0.1) is 11.3 Å². The summed E-state index contributed by atoms with van der Waals surface area (Å²) in [6.45, 7) is 2.19. The molecule has 0 spiro atoms. The molecule has 1 fully saturated rings. The van der Waals surface area contributed by atoms with Crippen LogP contribution in [0.5, 0.6) is 0 Å². The summed E-state index contributed by atoms with van der Waals surface area (Å²) in [4.78, 5) is 11.1. The molecule has 0 aromatic heterocycles. The lowest BCUT2D eigenvalue weighted by atomic mass is 10.1. The fraction of sp³-hybridized carbons (Fsp3) is 0.462. The van der Waals surface area contributed by atoms with Crippen molar-refractivity contribution in [3.8, 4) is 0 Å². The number of carboxylic acids is 1. The molecule has 92 valence electrons. The van der Waals surface area contributed by atoms with Crippen molar-refractivity contribution in [2.24, 2.45) is 5.92 Å². The van der Waals surface area contributed by atoms with Gasteiger partial charge < -0.3 is 10.4 Å². The summed E-state index contributed by atoms with van der Waals surface area (Å²) in [6, 6.07) is 5.20. The monoisotopic (exact) mass is 253 g/mol. The molecule has 0 aliphatic heterocycles. The van der Waals surface area contributed by atoms with Crippen LogP contribution in [0.15, 0.2) is 18.2 Å². The molecule has 1 aromatic rings. The van der Waals surface area contributed by atoms with Crippen molar-refractivity contribution in [1.82, 2.24) is 0 Å². The topological polar surface area (TPSA) is 49.3 Å². The molecule has 3 nitrogen and oxygen atoms in total. The Morgan fingerprint density at radius 1 is 1.47 bits per heavy atom. The number of hydrogen-bond acceptors (Lipinski definition) is 2. The van der Waals surface area contributed by atoms with E-state index in [1.54, 1.807) is 18.2 Å². The molecular formula is C13H16ClNO2. The summed E-state index contributed by atoms with van der Waals surface area (Å²) in [7, 11) is 0. The number of carbonyl (C=O) groups is 1. The van der Waals surface area contributed by atoms with E-state index in [1.165, 1.54) is 12.8 Å². The summed E-state index contributed by atoms with van der Waals surface area (Å²) in [6.07, 6.45) is 3.48. The van der Waals surface area contributed by atoms with E-state index in [9.17, 15) is 4.79 Å². The van der Waals surface area contributed by atoms with Crippen molar-refractivity contribution in [1.29, 1.82) is 0 Å². The molecule has 0 bridgehead atoms. The number of hydrogen-bond donors (Lipinski definition) is 2. The molecule has 0 saturated heterocycles. The van der Waals surface area contributed by atoms with Crippen LogP contribution in [0.2, 0.25) is 5.02 Å². The molecule has 2 N–H and O–H groups in total. The third kappa shape index (κ3) is 2.72. The predicted molar refractivity (Wildman–Crippen MR) is 68.8 cm³/mol. The maximum atomic E-state index is 11.1. The van der Waals surface area contributed by atoms with Gasteiger partial charge in [-0.2, -0.15) is 0 Å². The first-order valence-electron chi connectivity index (χ1n) is 5.87. The Hall–Kier alpha value is -1.22. The number of halogens is 1. The summed E-state index contributed by atoms with van der Waals surface area (Å²) >= 11 is 5.91. The average molecular weight is 254 g/mol. The fourth-order valence-corrected chi connectivity index (χ4v) is 2.55. The molecule has 1 aliphatic carbocycles. The molecule has 2 atom stereocenters. The van der Waals surface area contributed by atoms with Crippen LogP contribution in [0.1, 0.15) is 36.5 Å². The molecule has 0 amide bonds. The number of rotatable bonds is 3. The van der Waals surface area contributed by atoms with E-state index < -0.39 is 5.97 Å². The molecule has 1 aliphatic rings. The summed E-state index contributed by atoms with van der Waals surface area (Å²) in [5.74, 6) is -0.342. The number of nitrogens with one attached hydrogen (secondary N) is 1. The lowest BCUT2D eigenvalue weighted by Gasteiger charge is -2.20. The number of anilines is 1. The molecular weight excluding hydrogens is 238 g/mol. The maximum Gasteiger partial charge on any atom is 0.337 e. The van der Waals surface area contributed by atoms with Crippen LogP contribution >= 0.6 is 11.6 Å². The molecule has 17 heavy (non-hydrogen) atoms. The molecule has 1 aromatic carbocycles. The van der Waals surface area contributed by atoms with Gasteiger partial charge in [-0.05, 0) is 37.0 Å². The Labute approximate surface area is 106 Å². The molecule has 0 heterocycles. The van der Waals surface area contributed by atoms with Crippen molar-refractivity contribution in [3.63, 3.8) is 0 Å². The molecule has 0 radical (unpaired) electrons. The van der Waals surface area contributed by atoms with Crippen molar-refractivity contribution in [3.05, 3.63) is 28.8 Å². The Balaban J connectivity index is 2.24. The minimum absolute atomic E-state index is 0.286. The van der Waals surface area contributed by atoms with Crippen LogP contribution in [0.3, 0.4) is 0 Å². The van der Waals surface area contributed by atoms with Gasteiger partial charge in [-0.1, -0.05) is 24.9 Å². The fourth-order valence-electron chi connectivity index (χ4n) is 2.38. The minimum atomic E-state index is -0.921. The standard InChI is InChI=1S/C13H16ClNO2/c1-8-3-2-4-11(8)15-12-7-9(14)5-6-10(12)13(16)17/h5-8,11,15H,2-4H2,1H3,(H,16,17).